The third-order valence-electron chi connectivity index (χ3n) is 5.75. The summed E-state index contributed by atoms with van der Waals surface area (Å²) in [5, 5.41) is 9.59. The third kappa shape index (κ3) is 4.72. The van der Waals surface area contributed by atoms with E-state index in [4.69, 9.17) is 5.26 Å². The van der Waals surface area contributed by atoms with Crippen molar-refractivity contribution >= 4 is 5.84 Å². The van der Waals surface area contributed by atoms with Crippen molar-refractivity contribution in [2.75, 3.05) is 6.54 Å². The molecule has 0 bridgehead atoms. The first-order valence-corrected chi connectivity index (χ1v) is 9.89. The van der Waals surface area contributed by atoms with Crippen molar-refractivity contribution in [3.8, 4) is 6.07 Å². The lowest BCUT2D eigenvalue weighted by Crippen LogP contribution is -2.28. The second-order valence-electron chi connectivity index (χ2n) is 7.66. The van der Waals surface area contributed by atoms with Crippen molar-refractivity contribution in [3.63, 3.8) is 0 Å². The van der Waals surface area contributed by atoms with Crippen LogP contribution in [0.2, 0.25) is 0 Å². The molecule has 0 N–H and O–H groups in total. The SMILES string of the molecule is CCC[C@H]1CC[C@H](CCC2=CN=C(c3ccc(C#N)cc3)N(F)C2)CC1. The number of nitriles is 1. The molecular formula is C22H28FN3. The predicted octanol–water partition coefficient (Wildman–Crippen LogP) is 5.78. The van der Waals surface area contributed by atoms with Gasteiger partial charge in [0.1, 0.15) is 0 Å². The Balaban J connectivity index is 1.53. The Morgan fingerprint density at radius 3 is 2.35 bits per heavy atom. The highest BCUT2D eigenvalue weighted by Crippen LogP contribution is 2.34. The lowest BCUT2D eigenvalue weighted by molar-refractivity contribution is 0.131. The van der Waals surface area contributed by atoms with E-state index in [2.05, 4.69) is 18.0 Å². The smallest absolute Gasteiger partial charge is 0.164 e. The quantitative estimate of drug-likeness (QED) is 0.609. The molecule has 3 rings (SSSR count). The van der Waals surface area contributed by atoms with Gasteiger partial charge in [-0.2, -0.15) is 10.4 Å². The number of nitrogens with zero attached hydrogens (tertiary/aromatic N) is 3. The summed E-state index contributed by atoms with van der Waals surface area (Å²) in [7, 11) is 0. The molecule has 0 radical (unpaired) electrons. The molecule has 1 aliphatic carbocycles. The summed E-state index contributed by atoms with van der Waals surface area (Å²) in [5.74, 6) is 2.06. The van der Waals surface area contributed by atoms with Crippen LogP contribution in [-0.4, -0.2) is 17.5 Å². The van der Waals surface area contributed by atoms with Gasteiger partial charge in [-0.05, 0) is 54.5 Å². The molecule has 1 saturated carbocycles. The molecule has 0 unspecified atom stereocenters. The second-order valence-corrected chi connectivity index (χ2v) is 7.66. The number of hydrogen-bond acceptors (Lipinski definition) is 3. The monoisotopic (exact) mass is 353 g/mol. The van der Waals surface area contributed by atoms with Gasteiger partial charge in [-0.25, -0.2) is 4.99 Å². The lowest BCUT2D eigenvalue weighted by Gasteiger charge is -2.29. The molecule has 1 fully saturated rings. The summed E-state index contributed by atoms with van der Waals surface area (Å²) in [5.41, 5.74) is 2.34. The number of benzene rings is 1. The van der Waals surface area contributed by atoms with Gasteiger partial charge in [0.25, 0.3) is 0 Å². The standard InChI is InChI=1S/C22H28FN3/c1-2-3-17-4-6-18(7-5-17)8-9-20-15-25-22(26(23)16-20)21-12-10-19(14-24)11-13-21/h10-13,15,17-18H,2-9,16H2,1H3/t17-,18-. The van der Waals surface area contributed by atoms with Crippen molar-refractivity contribution in [1.82, 2.24) is 5.12 Å². The molecule has 0 saturated heterocycles. The van der Waals surface area contributed by atoms with Crippen LogP contribution in [0.4, 0.5) is 4.48 Å². The minimum absolute atomic E-state index is 0.296. The van der Waals surface area contributed by atoms with Gasteiger partial charge < -0.3 is 0 Å². The molecule has 2 aliphatic rings. The molecular weight excluding hydrogens is 325 g/mol. The molecule has 3 nitrogen and oxygen atoms in total. The van der Waals surface area contributed by atoms with Gasteiger partial charge in [-0.1, -0.05) is 49.9 Å². The Morgan fingerprint density at radius 1 is 1.12 bits per heavy atom. The first kappa shape index (κ1) is 18.6. The molecule has 26 heavy (non-hydrogen) atoms. The van der Waals surface area contributed by atoms with Gasteiger partial charge in [0, 0.05) is 11.8 Å². The average Bonchev–Trinajstić information content (AvgIpc) is 2.68. The van der Waals surface area contributed by atoms with Crippen molar-refractivity contribution in [2.45, 2.75) is 58.3 Å². The Hall–Kier alpha value is -2.15. The third-order valence-corrected chi connectivity index (χ3v) is 5.75. The normalized spacial score (nSPS) is 23.2. The molecule has 1 aliphatic heterocycles. The zero-order valence-electron chi connectivity index (χ0n) is 15.6. The van der Waals surface area contributed by atoms with E-state index in [1.54, 1.807) is 24.3 Å². The van der Waals surface area contributed by atoms with E-state index in [0.29, 0.717) is 23.5 Å². The lowest BCUT2D eigenvalue weighted by atomic mass is 9.78. The summed E-state index contributed by atoms with van der Waals surface area (Å²) in [6, 6.07) is 8.96. The number of rotatable bonds is 6. The van der Waals surface area contributed by atoms with Gasteiger partial charge in [-0.15, -0.1) is 0 Å². The highest BCUT2D eigenvalue weighted by atomic mass is 19.2. The Morgan fingerprint density at radius 2 is 1.77 bits per heavy atom. The number of amidine groups is 1. The first-order chi connectivity index (χ1) is 12.7. The molecule has 0 spiro atoms. The Labute approximate surface area is 156 Å². The van der Waals surface area contributed by atoms with E-state index in [-0.39, 0.29) is 0 Å². The van der Waals surface area contributed by atoms with E-state index >= 15 is 0 Å². The topological polar surface area (TPSA) is 39.4 Å². The van der Waals surface area contributed by atoms with Crippen LogP contribution in [0.25, 0.3) is 0 Å². The number of halogens is 1. The van der Waals surface area contributed by atoms with E-state index in [9.17, 15) is 4.48 Å². The van der Waals surface area contributed by atoms with Crippen LogP contribution < -0.4 is 0 Å². The second kappa shape index (κ2) is 8.98. The minimum Gasteiger partial charge on any atom is -0.236 e. The summed E-state index contributed by atoms with van der Waals surface area (Å²) < 4.78 is 14.5. The van der Waals surface area contributed by atoms with Crippen LogP contribution in [0.1, 0.15) is 69.4 Å². The van der Waals surface area contributed by atoms with Crippen LogP contribution in [0, 0.1) is 23.2 Å². The van der Waals surface area contributed by atoms with Crippen LogP contribution in [0.5, 0.6) is 0 Å². The van der Waals surface area contributed by atoms with E-state index in [0.717, 1.165) is 35.4 Å². The van der Waals surface area contributed by atoms with Gasteiger partial charge in [-0.3, -0.25) is 0 Å². The van der Waals surface area contributed by atoms with E-state index in [1.165, 1.54) is 38.5 Å². The van der Waals surface area contributed by atoms with Crippen molar-refractivity contribution in [2.24, 2.45) is 16.8 Å². The maximum atomic E-state index is 14.5. The van der Waals surface area contributed by atoms with Gasteiger partial charge in [0.05, 0.1) is 18.2 Å². The Kier molecular flexibility index (Phi) is 6.44. The molecule has 1 aromatic rings. The summed E-state index contributed by atoms with van der Waals surface area (Å²) >= 11 is 0. The fourth-order valence-corrected chi connectivity index (χ4v) is 4.17. The zero-order valence-corrected chi connectivity index (χ0v) is 15.6. The molecule has 0 amide bonds. The Bertz CT molecular complexity index is 691. The van der Waals surface area contributed by atoms with Crippen LogP contribution in [0.3, 0.4) is 0 Å². The summed E-state index contributed by atoms with van der Waals surface area (Å²) in [6.07, 6.45) is 12.0. The van der Waals surface area contributed by atoms with Crippen LogP contribution in [-0.2, 0) is 0 Å². The van der Waals surface area contributed by atoms with Crippen LogP contribution in [0.15, 0.2) is 41.0 Å². The van der Waals surface area contributed by atoms with E-state index < -0.39 is 0 Å². The minimum atomic E-state index is 0.296. The highest BCUT2D eigenvalue weighted by molar-refractivity contribution is 5.99. The number of aliphatic imine (C=N–C) groups is 1. The molecule has 1 aromatic carbocycles. The van der Waals surface area contributed by atoms with Gasteiger partial charge in [0.2, 0.25) is 0 Å². The van der Waals surface area contributed by atoms with Gasteiger partial charge in [0.15, 0.2) is 5.84 Å². The average molecular weight is 353 g/mol. The van der Waals surface area contributed by atoms with Crippen molar-refractivity contribution in [1.29, 1.82) is 5.26 Å². The molecule has 1 heterocycles. The summed E-state index contributed by atoms with van der Waals surface area (Å²) in [6.45, 7) is 2.57. The molecule has 4 heteroatoms. The van der Waals surface area contributed by atoms with Crippen LogP contribution >= 0.6 is 0 Å². The van der Waals surface area contributed by atoms with Gasteiger partial charge >= 0.3 is 0 Å². The van der Waals surface area contributed by atoms with E-state index in [1.807, 2.05) is 6.20 Å². The molecule has 0 aromatic heterocycles. The maximum absolute atomic E-state index is 14.5. The largest absolute Gasteiger partial charge is 0.236 e. The fourth-order valence-electron chi connectivity index (χ4n) is 4.17. The predicted molar refractivity (Wildman–Crippen MR) is 103 cm³/mol. The van der Waals surface area contributed by atoms with Crippen molar-refractivity contribution in [3.05, 3.63) is 47.2 Å². The fraction of sp³-hybridized carbons (Fsp3) is 0.545. The number of hydrogen-bond donors (Lipinski definition) is 0. The molecule has 0 atom stereocenters. The molecule has 138 valence electrons. The highest BCUT2D eigenvalue weighted by Gasteiger charge is 2.22. The van der Waals surface area contributed by atoms with Crippen molar-refractivity contribution < 1.29 is 4.48 Å². The zero-order chi connectivity index (χ0) is 18.4. The first-order valence-electron chi connectivity index (χ1n) is 9.89. The maximum Gasteiger partial charge on any atom is 0.164 e. The summed E-state index contributed by atoms with van der Waals surface area (Å²) in [4.78, 5) is 4.34.